The van der Waals surface area contributed by atoms with E-state index in [-0.39, 0.29) is 30.2 Å². The van der Waals surface area contributed by atoms with Gasteiger partial charge in [-0.05, 0) is 110 Å². The molecule has 4 unspecified atom stereocenters. The number of quaternary nitrogens is 1. The lowest BCUT2D eigenvalue weighted by Crippen LogP contribution is -2.51. The molecule has 44 heavy (non-hydrogen) atoms. The molecule has 4 rings (SSSR count). The van der Waals surface area contributed by atoms with Crippen LogP contribution in [0.4, 0.5) is 0 Å². The Morgan fingerprint density at radius 3 is 2.36 bits per heavy atom. The van der Waals surface area contributed by atoms with Crippen molar-refractivity contribution >= 4 is 7.82 Å². The number of ether oxygens (including phenoxy) is 1. The maximum absolute atomic E-state index is 12.2. The van der Waals surface area contributed by atoms with Gasteiger partial charge < -0.3 is 19.6 Å². The van der Waals surface area contributed by atoms with Gasteiger partial charge in [0, 0.05) is 0 Å². The molecule has 8 heteroatoms. The lowest BCUT2D eigenvalue weighted by Gasteiger charge is -2.58. The van der Waals surface area contributed by atoms with E-state index in [2.05, 4.69) is 59.8 Å². The summed E-state index contributed by atoms with van der Waals surface area (Å²) in [6, 6.07) is 0. The highest BCUT2D eigenvalue weighted by Gasteiger charge is 2.59. The number of hydrogen-bond donors (Lipinski definition) is 1. The highest BCUT2D eigenvalue weighted by Crippen LogP contribution is 2.67. The first-order valence-electron chi connectivity index (χ1n) is 17.5. The smallest absolute Gasteiger partial charge is 0.472 e. The number of fused-ring (bicyclic) bond motifs is 5. The molecule has 0 aliphatic heterocycles. The van der Waals surface area contributed by atoms with Gasteiger partial charge in [-0.1, -0.05) is 65.3 Å². The van der Waals surface area contributed by atoms with Crippen LogP contribution in [-0.4, -0.2) is 68.5 Å². The Kier molecular flexibility index (Phi) is 13.0. The van der Waals surface area contributed by atoms with Crippen LogP contribution in [0.1, 0.15) is 99.3 Å². The lowest BCUT2D eigenvalue weighted by atomic mass is 9.47. The first-order chi connectivity index (χ1) is 20.1. The molecule has 0 bridgehead atoms. The van der Waals surface area contributed by atoms with Crippen molar-refractivity contribution in [3.63, 3.8) is 0 Å². The number of hydrogen-bond acceptors (Lipinski definition) is 5. The Hall–Kier alpha value is -0.530. The zero-order valence-electron chi connectivity index (χ0n) is 29.5. The third kappa shape index (κ3) is 8.68. The number of allylic oxidation sites excluding steroid dienone is 3. The number of phosphoric acid groups is 1. The topological polar surface area (TPSA) is 95.0 Å². The van der Waals surface area contributed by atoms with Gasteiger partial charge in [-0.15, -0.1) is 0 Å². The maximum atomic E-state index is 12.2. The highest BCUT2D eigenvalue weighted by atomic mass is 31.2. The third-order valence-corrected chi connectivity index (χ3v) is 13.5. The Balaban J connectivity index is 0.00000529. The standard InChI is InChI=1S/C36H64NO5P.H2O/c1-10-28(26(2)3)12-11-27(4)32-15-16-33-31-14-13-29-25-30(17-19-35(29,5)34(31)18-20-36(32,33)6)40-23-24-42-43(38,39)41-22-21-37(7,8)9;/h11-13,26-28,30-34H,10,14-25H2,1-9H3;1H2/t27-,28-,30+,31?,32-,33?,34?,35+,36-;/m1./s1. The summed E-state index contributed by atoms with van der Waals surface area (Å²) in [5.41, 5.74) is 2.36. The second kappa shape index (κ2) is 15.1. The molecule has 0 spiro atoms. The normalized spacial score (nSPS) is 36.5. The van der Waals surface area contributed by atoms with E-state index in [0.717, 1.165) is 42.4 Å². The fourth-order valence-electron chi connectivity index (χ4n) is 9.79. The number of nitrogens with zero attached hydrogens (tertiary/aromatic N) is 1. The molecule has 7 nitrogen and oxygen atoms in total. The summed E-state index contributed by atoms with van der Waals surface area (Å²) >= 11 is 0. The van der Waals surface area contributed by atoms with Crippen LogP contribution in [-0.2, 0) is 18.3 Å². The van der Waals surface area contributed by atoms with Crippen LogP contribution in [0.2, 0.25) is 0 Å². The second-order valence-electron chi connectivity index (χ2n) is 16.4. The van der Waals surface area contributed by atoms with Crippen LogP contribution in [0.3, 0.4) is 0 Å². The zero-order chi connectivity index (χ0) is 31.6. The van der Waals surface area contributed by atoms with Crippen LogP contribution in [0.5, 0.6) is 0 Å². The van der Waals surface area contributed by atoms with Gasteiger partial charge in [-0.2, -0.15) is 0 Å². The van der Waals surface area contributed by atoms with Crippen molar-refractivity contribution in [3.8, 4) is 0 Å². The van der Waals surface area contributed by atoms with E-state index < -0.39 is 7.82 Å². The van der Waals surface area contributed by atoms with Crippen LogP contribution < -0.4 is 0 Å². The molecule has 0 heterocycles. The van der Waals surface area contributed by atoms with Crippen LogP contribution in [0, 0.1) is 52.3 Å². The first kappa shape index (κ1) is 37.9. The second-order valence-corrected chi connectivity index (χ2v) is 17.9. The predicted octanol–water partition coefficient (Wildman–Crippen LogP) is 8.49. The van der Waals surface area contributed by atoms with Crippen molar-refractivity contribution in [2.45, 2.75) is 105 Å². The van der Waals surface area contributed by atoms with E-state index >= 15 is 0 Å². The van der Waals surface area contributed by atoms with E-state index in [1.807, 2.05) is 21.1 Å². The molecule has 0 aromatic heterocycles. The van der Waals surface area contributed by atoms with Crippen LogP contribution >= 0.6 is 7.82 Å². The fraction of sp³-hybridized carbons (Fsp3) is 0.889. The van der Waals surface area contributed by atoms with Crippen LogP contribution in [0.25, 0.3) is 0 Å². The molecule has 0 aromatic carbocycles. The van der Waals surface area contributed by atoms with Gasteiger partial charge in [-0.3, -0.25) is 9.05 Å². The number of likely N-dealkylation sites (N-methyl/N-ethyl adjacent to an activating group) is 1. The predicted molar refractivity (Wildman–Crippen MR) is 178 cm³/mol. The summed E-state index contributed by atoms with van der Waals surface area (Å²) < 4.78 is 29.4. The van der Waals surface area contributed by atoms with E-state index in [0.29, 0.717) is 34.9 Å². The quantitative estimate of drug-likeness (QED) is 0.0887. The SMILES string of the molecule is CC[C@H](C=C[C@@H](C)[C@H]1CCC2C3CC=C4C[C@@H](OCCOP(=O)(O)OCC[N+](C)(C)C)CC[C@]4(C)C3CC[C@@]21C)C(C)C.[OH-]. The molecule has 0 aromatic rings. The van der Waals surface area contributed by atoms with E-state index in [4.69, 9.17) is 13.8 Å². The molecular weight excluding hydrogens is 573 g/mol. The molecular formula is C36H66NO6P. The Morgan fingerprint density at radius 1 is 1.00 bits per heavy atom. The van der Waals surface area contributed by atoms with Gasteiger partial charge in [0.1, 0.15) is 13.2 Å². The van der Waals surface area contributed by atoms with E-state index in [1.54, 1.807) is 5.57 Å². The molecule has 10 atom stereocenters. The summed E-state index contributed by atoms with van der Waals surface area (Å²) in [6.45, 7) is 16.0. The molecule has 0 saturated heterocycles. The molecule has 0 amide bonds. The molecule has 0 radical (unpaired) electrons. The van der Waals surface area contributed by atoms with Gasteiger partial charge in [0.15, 0.2) is 0 Å². The van der Waals surface area contributed by atoms with Crippen LogP contribution in [0.15, 0.2) is 23.8 Å². The van der Waals surface area contributed by atoms with E-state index in [9.17, 15) is 9.46 Å². The molecule has 4 aliphatic carbocycles. The van der Waals surface area contributed by atoms with Gasteiger partial charge in [0.2, 0.25) is 0 Å². The zero-order valence-corrected chi connectivity index (χ0v) is 30.4. The molecule has 3 saturated carbocycles. The summed E-state index contributed by atoms with van der Waals surface area (Å²) in [5, 5.41) is 0. The highest BCUT2D eigenvalue weighted by molar-refractivity contribution is 7.47. The minimum atomic E-state index is -4.04. The Morgan fingerprint density at radius 2 is 1.70 bits per heavy atom. The number of phosphoric ester groups is 1. The molecule has 4 aliphatic rings. The van der Waals surface area contributed by atoms with Gasteiger partial charge in [-0.25, -0.2) is 4.57 Å². The average Bonchev–Trinajstić information content (AvgIpc) is 3.27. The minimum absolute atomic E-state index is 0. The summed E-state index contributed by atoms with van der Waals surface area (Å²) in [5.74, 6) is 5.33. The monoisotopic (exact) mass is 639 g/mol. The Labute approximate surface area is 269 Å². The third-order valence-electron chi connectivity index (χ3n) is 12.5. The summed E-state index contributed by atoms with van der Waals surface area (Å²) in [6.07, 6.45) is 19.1. The average molecular weight is 640 g/mol. The summed E-state index contributed by atoms with van der Waals surface area (Å²) in [4.78, 5) is 9.99. The van der Waals surface area contributed by atoms with Crippen molar-refractivity contribution < 1.29 is 33.2 Å². The lowest BCUT2D eigenvalue weighted by molar-refractivity contribution is -0.870. The molecule has 2 N–H and O–H groups in total. The Bertz CT molecular complexity index is 1040. The van der Waals surface area contributed by atoms with Gasteiger partial charge in [0.25, 0.3) is 0 Å². The van der Waals surface area contributed by atoms with Crippen molar-refractivity contribution in [2.24, 2.45) is 52.3 Å². The minimum Gasteiger partial charge on any atom is -0.870 e. The van der Waals surface area contributed by atoms with Gasteiger partial charge >= 0.3 is 7.82 Å². The fourth-order valence-corrected chi connectivity index (χ4v) is 10.5. The molecule has 3 fully saturated rings. The summed E-state index contributed by atoms with van der Waals surface area (Å²) in [7, 11) is 2.01. The van der Waals surface area contributed by atoms with Gasteiger partial charge in [0.05, 0.1) is 40.5 Å². The van der Waals surface area contributed by atoms with Crippen molar-refractivity contribution in [2.75, 3.05) is 47.5 Å². The van der Waals surface area contributed by atoms with Crippen molar-refractivity contribution in [1.82, 2.24) is 0 Å². The van der Waals surface area contributed by atoms with E-state index in [1.165, 1.54) is 44.9 Å². The van der Waals surface area contributed by atoms with Crippen molar-refractivity contribution in [1.29, 1.82) is 0 Å². The molecule has 256 valence electrons. The first-order valence-corrected chi connectivity index (χ1v) is 19.0. The largest absolute Gasteiger partial charge is 0.870 e. The maximum Gasteiger partial charge on any atom is 0.472 e. The number of rotatable bonds is 14. The van der Waals surface area contributed by atoms with Crippen molar-refractivity contribution in [3.05, 3.63) is 23.8 Å².